The number of pyridine rings is 1. The van der Waals surface area contributed by atoms with Gasteiger partial charge in [-0.1, -0.05) is 12.1 Å². The Morgan fingerprint density at radius 2 is 1.71 bits per heavy atom. The average Bonchev–Trinajstić information content (AvgIpc) is 3.33. The Hall–Kier alpha value is -3.59. The van der Waals surface area contributed by atoms with Crippen LogP contribution in [0.25, 0.3) is 22.2 Å². The minimum atomic E-state index is -0.157. The number of rotatable bonds is 3. The topological polar surface area (TPSA) is 123 Å². The van der Waals surface area contributed by atoms with Gasteiger partial charge in [0.05, 0.1) is 11.0 Å². The number of aromatic nitrogens is 5. The van der Waals surface area contributed by atoms with Crippen molar-refractivity contribution < 1.29 is 9.53 Å². The van der Waals surface area contributed by atoms with Crippen LogP contribution in [-0.2, 0) is 4.74 Å². The number of likely N-dealkylation sites (tertiary alicyclic amines) is 1. The van der Waals surface area contributed by atoms with Crippen molar-refractivity contribution in [2.45, 2.75) is 37.5 Å². The maximum absolute atomic E-state index is 13.2. The predicted molar refractivity (Wildman–Crippen MR) is 129 cm³/mol. The van der Waals surface area contributed by atoms with Crippen molar-refractivity contribution >= 4 is 33.9 Å². The quantitative estimate of drug-likeness (QED) is 0.483. The zero-order valence-corrected chi connectivity index (χ0v) is 18.9. The van der Waals surface area contributed by atoms with Crippen molar-refractivity contribution in [1.29, 1.82) is 0 Å². The van der Waals surface area contributed by atoms with Crippen LogP contribution in [0.3, 0.4) is 0 Å². The molecule has 174 valence electrons. The summed E-state index contributed by atoms with van der Waals surface area (Å²) in [5, 5.41) is 0. The van der Waals surface area contributed by atoms with Crippen molar-refractivity contribution in [3.8, 4) is 0 Å². The lowest BCUT2D eigenvalue weighted by Crippen LogP contribution is -2.38. The molecule has 0 atom stereocenters. The number of imidazole rings is 1. The first kappa shape index (κ1) is 21.0. The van der Waals surface area contributed by atoms with Crippen LogP contribution in [0.5, 0.6) is 0 Å². The normalized spacial score (nSPS) is 18.1. The first-order valence-electron chi connectivity index (χ1n) is 11.9. The van der Waals surface area contributed by atoms with E-state index in [0.717, 1.165) is 55.9 Å². The Balaban J connectivity index is 1.20. The molecule has 2 fully saturated rings. The third kappa shape index (κ3) is 3.75. The van der Waals surface area contributed by atoms with Gasteiger partial charge in [0.15, 0.2) is 17.2 Å². The summed E-state index contributed by atoms with van der Waals surface area (Å²) in [5.41, 5.74) is 10.7. The highest BCUT2D eigenvalue weighted by Gasteiger charge is 2.29. The largest absolute Gasteiger partial charge is 0.382 e. The first-order chi connectivity index (χ1) is 16.7. The van der Waals surface area contributed by atoms with Gasteiger partial charge in [-0.2, -0.15) is 0 Å². The lowest BCUT2D eigenvalue weighted by atomic mass is 9.89. The van der Waals surface area contributed by atoms with Gasteiger partial charge in [0.1, 0.15) is 11.3 Å². The molecule has 5 heterocycles. The molecule has 0 spiro atoms. The Morgan fingerprint density at radius 1 is 0.971 bits per heavy atom. The van der Waals surface area contributed by atoms with Gasteiger partial charge < -0.3 is 20.4 Å². The summed E-state index contributed by atoms with van der Waals surface area (Å²) in [6, 6.07) is 9.52. The van der Waals surface area contributed by atoms with Gasteiger partial charge in [0.25, 0.3) is 5.91 Å². The molecule has 34 heavy (non-hydrogen) atoms. The van der Waals surface area contributed by atoms with Crippen molar-refractivity contribution in [3.63, 3.8) is 0 Å². The molecule has 0 saturated carbocycles. The van der Waals surface area contributed by atoms with Crippen LogP contribution in [0.4, 0.5) is 5.82 Å². The number of aromatic amines is 1. The third-order valence-corrected chi connectivity index (χ3v) is 7.06. The van der Waals surface area contributed by atoms with E-state index in [1.807, 2.05) is 35.4 Å². The molecule has 3 aromatic heterocycles. The second-order valence-corrected chi connectivity index (χ2v) is 9.12. The molecule has 1 amide bonds. The Bertz CT molecular complexity index is 1350. The molecular formula is C25H27N7O2. The van der Waals surface area contributed by atoms with E-state index in [2.05, 4.69) is 26.0 Å². The van der Waals surface area contributed by atoms with E-state index in [1.165, 1.54) is 5.56 Å². The molecular weight excluding hydrogens is 430 g/mol. The fourth-order valence-corrected chi connectivity index (χ4v) is 5.16. The summed E-state index contributed by atoms with van der Waals surface area (Å²) in [4.78, 5) is 36.8. The Labute approximate surface area is 196 Å². The fraction of sp³-hybridized carbons (Fsp3) is 0.400. The maximum Gasteiger partial charge on any atom is 0.276 e. The van der Waals surface area contributed by atoms with Gasteiger partial charge in [-0.05, 0) is 55.4 Å². The maximum atomic E-state index is 13.2. The molecule has 6 rings (SSSR count). The number of carbonyl (C=O) groups is 1. The predicted octanol–water partition coefficient (Wildman–Crippen LogP) is 3.40. The number of fused-ring (bicyclic) bond motifs is 2. The molecule has 1 aromatic carbocycles. The minimum absolute atomic E-state index is 0.157. The number of ether oxygens (including phenoxy) is 1. The number of hydrogen-bond donors (Lipinski definition) is 2. The van der Waals surface area contributed by atoms with Crippen LogP contribution in [0.2, 0.25) is 0 Å². The van der Waals surface area contributed by atoms with E-state index >= 15 is 0 Å². The molecule has 4 aromatic rings. The monoisotopic (exact) mass is 457 g/mol. The number of nitrogens with zero attached hydrogens (tertiary/aromatic N) is 5. The van der Waals surface area contributed by atoms with Crippen molar-refractivity contribution in [2.75, 3.05) is 32.0 Å². The summed E-state index contributed by atoms with van der Waals surface area (Å²) in [6.45, 7) is 2.83. The summed E-state index contributed by atoms with van der Waals surface area (Å²) in [7, 11) is 0. The van der Waals surface area contributed by atoms with Crippen LogP contribution in [0.15, 0.2) is 36.5 Å². The summed E-state index contributed by atoms with van der Waals surface area (Å²) in [5.74, 6) is 1.75. The van der Waals surface area contributed by atoms with Crippen LogP contribution in [0.1, 0.15) is 59.4 Å². The van der Waals surface area contributed by atoms with Gasteiger partial charge in [0.2, 0.25) is 0 Å². The molecule has 2 aliphatic heterocycles. The number of hydrogen-bond acceptors (Lipinski definition) is 7. The number of benzene rings is 1. The van der Waals surface area contributed by atoms with Crippen molar-refractivity contribution in [1.82, 2.24) is 29.8 Å². The lowest BCUT2D eigenvalue weighted by molar-refractivity contribution is 0.0708. The first-order valence-corrected chi connectivity index (χ1v) is 11.9. The SMILES string of the molecule is Nc1nc2ccccc2nc1C(=O)N1CCC(c2ccnc3[nH]c(C4CCOCC4)nc23)CC1. The molecule has 3 N–H and O–H groups in total. The number of nitrogens with one attached hydrogen (secondary N) is 1. The molecule has 0 aliphatic carbocycles. The van der Waals surface area contributed by atoms with Gasteiger partial charge in [-0.15, -0.1) is 0 Å². The molecule has 0 bridgehead atoms. The van der Waals surface area contributed by atoms with Crippen molar-refractivity contribution in [3.05, 3.63) is 53.6 Å². The standard InChI is InChI=1S/C25H27N7O2/c26-22-21(28-18-3-1-2-4-19(18)29-22)25(33)32-11-6-15(7-12-32)17-5-10-27-24-20(17)30-23(31-24)16-8-13-34-14-9-16/h1-5,10,15-16H,6-9,11-14H2,(H2,26,29)(H,27,30,31). The zero-order chi connectivity index (χ0) is 23.1. The Kier molecular flexibility index (Phi) is 5.33. The van der Waals surface area contributed by atoms with E-state index < -0.39 is 0 Å². The van der Waals surface area contributed by atoms with Gasteiger partial charge in [-0.25, -0.2) is 19.9 Å². The number of piperidine rings is 1. The number of anilines is 1. The van der Waals surface area contributed by atoms with Crippen LogP contribution >= 0.6 is 0 Å². The second kappa shape index (κ2) is 8.64. The number of H-pyrrole nitrogens is 1. The smallest absolute Gasteiger partial charge is 0.276 e. The molecule has 0 radical (unpaired) electrons. The minimum Gasteiger partial charge on any atom is -0.382 e. The number of para-hydroxylation sites is 2. The van der Waals surface area contributed by atoms with E-state index in [4.69, 9.17) is 15.5 Å². The molecule has 2 aliphatic rings. The summed E-state index contributed by atoms with van der Waals surface area (Å²) < 4.78 is 5.50. The van der Waals surface area contributed by atoms with E-state index in [-0.39, 0.29) is 17.4 Å². The van der Waals surface area contributed by atoms with Gasteiger partial charge in [-0.3, -0.25) is 4.79 Å². The number of nitrogen functional groups attached to an aromatic ring is 1. The highest BCUT2D eigenvalue weighted by Crippen LogP contribution is 2.34. The van der Waals surface area contributed by atoms with E-state index in [9.17, 15) is 4.79 Å². The number of nitrogens with two attached hydrogens (primary N) is 1. The molecule has 0 unspecified atom stereocenters. The van der Waals surface area contributed by atoms with Crippen molar-refractivity contribution in [2.24, 2.45) is 0 Å². The van der Waals surface area contributed by atoms with Gasteiger partial charge >= 0.3 is 0 Å². The second-order valence-electron chi connectivity index (χ2n) is 9.12. The van der Waals surface area contributed by atoms with Crippen LogP contribution < -0.4 is 5.73 Å². The molecule has 9 nitrogen and oxygen atoms in total. The lowest BCUT2D eigenvalue weighted by Gasteiger charge is -2.32. The highest BCUT2D eigenvalue weighted by molar-refractivity contribution is 5.98. The molecule has 9 heteroatoms. The summed E-state index contributed by atoms with van der Waals surface area (Å²) >= 11 is 0. The van der Waals surface area contributed by atoms with E-state index in [0.29, 0.717) is 36.0 Å². The van der Waals surface area contributed by atoms with Crippen LogP contribution in [-0.4, -0.2) is 62.0 Å². The zero-order valence-electron chi connectivity index (χ0n) is 18.9. The number of amides is 1. The molecule has 2 saturated heterocycles. The van der Waals surface area contributed by atoms with Crippen LogP contribution in [0, 0.1) is 0 Å². The number of carbonyl (C=O) groups excluding carboxylic acids is 1. The summed E-state index contributed by atoms with van der Waals surface area (Å²) in [6.07, 6.45) is 5.52. The fourth-order valence-electron chi connectivity index (χ4n) is 5.16. The third-order valence-electron chi connectivity index (χ3n) is 7.06. The Morgan fingerprint density at radius 3 is 2.47 bits per heavy atom. The van der Waals surface area contributed by atoms with E-state index in [1.54, 1.807) is 0 Å². The highest BCUT2D eigenvalue weighted by atomic mass is 16.5. The van der Waals surface area contributed by atoms with Gasteiger partial charge in [0, 0.05) is 38.4 Å². The average molecular weight is 458 g/mol.